The van der Waals surface area contributed by atoms with Gasteiger partial charge in [0.1, 0.15) is 18.8 Å². The van der Waals surface area contributed by atoms with Gasteiger partial charge in [0.15, 0.2) is 18.1 Å². The number of fused-ring (bicyclic) bond motifs is 4. The van der Waals surface area contributed by atoms with Crippen LogP contribution >= 0.6 is 0 Å². The third kappa shape index (κ3) is 4.35. The Kier molecular flexibility index (Phi) is 5.60. The number of nitrogens with one attached hydrogen (secondary N) is 1. The van der Waals surface area contributed by atoms with Crippen molar-refractivity contribution in [2.75, 3.05) is 19.8 Å². The number of hydrogen-bond acceptors (Lipinski definition) is 6. The fourth-order valence-corrected chi connectivity index (χ4v) is 4.05. The minimum absolute atomic E-state index is 0.0198. The Bertz CT molecular complexity index is 1340. The van der Waals surface area contributed by atoms with Gasteiger partial charge in [0.25, 0.3) is 5.91 Å². The van der Waals surface area contributed by atoms with Crippen LogP contribution < -0.4 is 14.8 Å². The van der Waals surface area contributed by atoms with Gasteiger partial charge < -0.3 is 23.9 Å². The summed E-state index contributed by atoms with van der Waals surface area (Å²) >= 11 is 0. The fraction of sp³-hybridized carbons (Fsp3) is 0.231. The van der Waals surface area contributed by atoms with E-state index in [-0.39, 0.29) is 25.0 Å². The summed E-state index contributed by atoms with van der Waals surface area (Å²) in [5.41, 5.74) is 2.31. The monoisotopic (exact) mass is 445 g/mol. The highest BCUT2D eigenvalue weighted by Gasteiger charge is 2.18. The summed E-state index contributed by atoms with van der Waals surface area (Å²) in [5.74, 6) is 0.476. The molecule has 0 fully saturated rings. The predicted octanol–water partition coefficient (Wildman–Crippen LogP) is 4.32. The van der Waals surface area contributed by atoms with E-state index in [1.54, 1.807) is 6.26 Å². The van der Waals surface area contributed by atoms with Crippen molar-refractivity contribution in [3.8, 4) is 11.5 Å². The van der Waals surface area contributed by atoms with Crippen molar-refractivity contribution in [1.82, 2.24) is 5.32 Å². The van der Waals surface area contributed by atoms with Crippen LogP contribution in [0.4, 0.5) is 0 Å². The minimum Gasteiger partial charge on any atom is -0.486 e. The maximum absolute atomic E-state index is 12.4. The van der Waals surface area contributed by atoms with Crippen molar-refractivity contribution in [3.63, 3.8) is 0 Å². The zero-order chi connectivity index (χ0) is 22.8. The van der Waals surface area contributed by atoms with Gasteiger partial charge >= 0.3 is 5.97 Å². The maximum Gasteiger partial charge on any atom is 0.310 e. The molecule has 1 aromatic heterocycles. The van der Waals surface area contributed by atoms with Crippen molar-refractivity contribution in [1.29, 1.82) is 0 Å². The Labute approximate surface area is 190 Å². The standard InChI is InChI=1S/C26H23NO6/c1-16(18-7-8-21-23(12-18)31-11-10-30-21)27-24(28)15-33-25(29)13-19-14-32-22-9-6-17-4-2-3-5-20(17)26(19)22/h2-9,12,14,16H,10-11,13,15H2,1H3,(H,27,28). The van der Waals surface area contributed by atoms with Crippen LogP contribution in [0.15, 0.2) is 65.3 Å². The second-order valence-corrected chi connectivity index (χ2v) is 7.95. The first-order valence-corrected chi connectivity index (χ1v) is 10.8. The van der Waals surface area contributed by atoms with E-state index in [4.69, 9.17) is 18.6 Å². The highest BCUT2D eigenvalue weighted by molar-refractivity contribution is 6.08. The van der Waals surface area contributed by atoms with Gasteiger partial charge in [-0.1, -0.05) is 36.4 Å². The highest BCUT2D eigenvalue weighted by atomic mass is 16.6. The van der Waals surface area contributed by atoms with Crippen LogP contribution in [-0.2, 0) is 20.7 Å². The fourth-order valence-electron chi connectivity index (χ4n) is 4.05. The van der Waals surface area contributed by atoms with E-state index >= 15 is 0 Å². The minimum atomic E-state index is -0.493. The van der Waals surface area contributed by atoms with E-state index in [9.17, 15) is 9.59 Å². The van der Waals surface area contributed by atoms with E-state index in [2.05, 4.69) is 5.32 Å². The van der Waals surface area contributed by atoms with Crippen LogP contribution in [0.3, 0.4) is 0 Å². The quantitative estimate of drug-likeness (QED) is 0.445. The van der Waals surface area contributed by atoms with Crippen LogP contribution in [-0.4, -0.2) is 31.7 Å². The number of carbonyl (C=O) groups excluding carboxylic acids is 2. The number of benzene rings is 3. The Hall–Kier alpha value is -4.00. The van der Waals surface area contributed by atoms with Crippen molar-refractivity contribution in [2.45, 2.75) is 19.4 Å². The molecule has 1 unspecified atom stereocenters. The van der Waals surface area contributed by atoms with E-state index in [1.807, 2.05) is 61.5 Å². The van der Waals surface area contributed by atoms with Crippen LogP contribution in [0.25, 0.3) is 21.7 Å². The summed E-state index contributed by atoms with van der Waals surface area (Å²) in [6.45, 7) is 2.52. The smallest absolute Gasteiger partial charge is 0.310 e. The predicted molar refractivity (Wildman–Crippen MR) is 122 cm³/mol. The molecule has 0 aliphatic carbocycles. The third-order valence-electron chi connectivity index (χ3n) is 5.68. The zero-order valence-electron chi connectivity index (χ0n) is 18.1. The third-order valence-corrected chi connectivity index (χ3v) is 5.68. The summed E-state index contributed by atoms with van der Waals surface area (Å²) < 4.78 is 22.0. The van der Waals surface area contributed by atoms with Crippen LogP contribution in [0, 0.1) is 0 Å². The van der Waals surface area contributed by atoms with Gasteiger partial charge in [0.05, 0.1) is 18.7 Å². The number of rotatable bonds is 6. The van der Waals surface area contributed by atoms with Gasteiger partial charge in [-0.15, -0.1) is 0 Å². The molecule has 1 N–H and O–H groups in total. The largest absolute Gasteiger partial charge is 0.486 e. The molecule has 33 heavy (non-hydrogen) atoms. The lowest BCUT2D eigenvalue weighted by atomic mass is 10.0. The van der Waals surface area contributed by atoms with Crippen LogP contribution in [0.5, 0.6) is 11.5 Å². The van der Waals surface area contributed by atoms with Gasteiger partial charge in [-0.2, -0.15) is 0 Å². The first-order valence-electron chi connectivity index (χ1n) is 10.8. The molecule has 0 bridgehead atoms. The Morgan fingerprint density at radius 2 is 1.85 bits per heavy atom. The van der Waals surface area contributed by atoms with Crippen molar-refractivity contribution in [2.24, 2.45) is 0 Å². The van der Waals surface area contributed by atoms with Crippen molar-refractivity contribution < 1.29 is 28.2 Å². The molecule has 0 spiro atoms. The number of hydrogen-bond donors (Lipinski definition) is 1. The first kappa shape index (κ1) is 20.9. The zero-order valence-corrected chi connectivity index (χ0v) is 18.1. The lowest BCUT2D eigenvalue weighted by Gasteiger charge is -2.21. The summed E-state index contributed by atoms with van der Waals surface area (Å²) in [5, 5.41) is 5.81. The second kappa shape index (κ2) is 8.86. The molecule has 3 aromatic carbocycles. The topological polar surface area (TPSA) is 87.0 Å². The Morgan fingerprint density at radius 1 is 1.03 bits per heavy atom. The van der Waals surface area contributed by atoms with E-state index in [0.29, 0.717) is 30.3 Å². The number of furan rings is 1. The lowest BCUT2D eigenvalue weighted by molar-refractivity contribution is -0.148. The molecule has 4 aromatic rings. The molecule has 0 radical (unpaired) electrons. The van der Waals surface area contributed by atoms with Gasteiger partial charge in [-0.05, 0) is 41.5 Å². The molecule has 1 atom stereocenters. The number of esters is 1. The molecule has 1 aliphatic heterocycles. The molecule has 168 valence electrons. The summed E-state index contributed by atoms with van der Waals surface area (Å²) in [7, 11) is 0. The van der Waals surface area contributed by atoms with Gasteiger partial charge in [0.2, 0.25) is 0 Å². The molecule has 0 saturated carbocycles. The molecule has 2 heterocycles. The molecule has 1 amide bonds. The second-order valence-electron chi connectivity index (χ2n) is 7.95. The van der Waals surface area contributed by atoms with Crippen LogP contribution in [0.1, 0.15) is 24.1 Å². The number of ether oxygens (including phenoxy) is 3. The van der Waals surface area contributed by atoms with Gasteiger partial charge in [0, 0.05) is 10.9 Å². The molecule has 7 heteroatoms. The number of amides is 1. The SMILES string of the molecule is CC(NC(=O)COC(=O)Cc1coc2ccc3ccccc3c12)c1ccc2c(c1)OCCO2. The average Bonchev–Trinajstić information content (AvgIpc) is 3.25. The molecule has 1 aliphatic rings. The summed E-state index contributed by atoms with van der Waals surface area (Å²) in [6, 6.07) is 17.1. The van der Waals surface area contributed by atoms with Crippen molar-refractivity contribution >= 4 is 33.6 Å². The van der Waals surface area contributed by atoms with Gasteiger partial charge in [-0.3, -0.25) is 9.59 Å². The van der Waals surface area contributed by atoms with E-state index < -0.39 is 5.97 Å². The molecular formula is C26H23NO6. The first-order chi connectivity index (χ1) is 16.1. The molecule has 0 saturated heterocycles. The summed E-state index contributed by atoms with van der Waals surface area (Å²) in [6.07, 6.45) is 1.59. The average molecular weight is 445 g/mol. The molecule has 5 rings (SSSR count). The maximum atomic E-state index is 12.4. The van der Waals surface area contributed by atoms with E-state index in [0.717, 1.165) is 27.3 Å². The van der Waals surface area contributed by atoms with Gasteiger partial charge in [-0.25, -0.2) is 0 Å². The Balaban J connectivity index is 1.19. The normalized spacial score (nSPS) is 13.6. The van der Waals surface area contributed by atoms with Crippen LogP contribution in [0.2, 0.25) is 0 Å². The molecular weight excluding hydrogens is 422 g/mol. The lowest BCUT2D eigenvalue weighted by Crippen LogP contribution is -2.31. The van der Waals surface area contributed by atoms with E-state index in [1.165, 1.54) is 0 Å². The van der Waals surface area contributed by atoms with Crippen molar-refractivity contribution in [3.05, 3.63) is 72.0 Å². The molecule has 7 nitrogen and oxygen atoms in total. The Morgan fingerprint density at radius 3 is 2.73 bits per heavy atom. The summed E-state index contributed by atoms with van der Waals surface area (Å²) in [4.78, 5) is 24.8. The highest BCUT2D eigenvalue weighted by Crippen LogP contribution is 2.33. The number of carbonyl (C=O) groups is 2.